The van der Waals surface area contributed by atoms with Crippen LogP contribution in [0.3, 0.4) is 0 Å². The van der Waals surface area contributed by atoms with Gasteiger partial charge in [0.2, 0.25) is 6.79 Å². The van der Waals surface area contributed by atoms with Crippen LogP contribution in [0, 0.1) is 13.8 Å². The molecule has 2 aromatic rings. The third kappa shape index (κ3) is 1.86. The normalized spacial score (nSPS) is 19.0. The average Bonchev–Trinajstić information content (AvgIpc) is 3.03. The Hall–Kier alpha value is -2.21. The largest absolute Gasteiger partial charge is 0.454 e. The molecule has 1 aromatic heterocycles. The first kappa shape index (κ1) is 12.5. The molecule has 0 fully saturated rings. The van der Waals surface area contributed by atoms with Gasteiger partial charge in [-0.1, -0.05) is 6.07 Å². The van der Waals surface area contributed by atoms with Gasteiger partial charge in [-0.2, -0.15) is 0 Å². The Morgan fingerprint density at radius 3 is 2.86 bits per heavy atom. The minimum Gasteiger partial charge on any atom is -0.454 e. The van der Waals surface area contributed by atoms with Gasteiger partial charge in [-0.3, -0.25) is 4.79 Å². The predicted octanol–water partition coefficient (Wildman–Crippen LogP) is 2.95. The Balaban J connectivity index is 1.70. The quantitative estimate of drug-likeness (QED) is 0.850. The minimum absolute atomic E-state index is 0.0340. The highest BCUT2D eigenvalue weighted by molar-refractivity contribution is 7.16. The molecule has 1 amide bonds. The molecular weight excluding hydrogens is 288 g/mol. The maximum absolute atomic E-state index is 12.3. The maximum atomic E-state index is 12.3. The molecule has 21 heavy (non-hydrogen) atoms. The van der Waals surface area contributed by atoms with Gasteiger partial charge in [-0.15, -0.1) is 11.3 Å². The van der Waals surface area contributed by atoms with Crippen molar-refractivity contribution < 1.29 is 14.3 Å². The highest BCUT2D eigenvalue weighted by Gasteiger charge is 2.29. The van der Waals surface area contributed by atoms with E-state index in [1.165, 1.54) is 0 Å². The fourth-order valence-electron chi connectivity index (χ4n) is 2.63. The molecule has 0 aliphatic carbocycles. The summed E-state index contributed by atoms with van der Waals surface area (Å²) in [4.78, 5) is 13.5. The van der Waals surface area contributed by atoms with Crippen LogP contribution in [0.25, 0.3) is 0 Å². The highest BCUT2D eigenvalue weighted by Crippen LogP contribution is 2.39. The van der Waals surface area contributed by atoms with Gasteiger partial charge in [0.15, 0.2) is 11.5 Å². The number of hydrogen-bond donors (Lipinski definition) is 2. The van der Waals surface area contributed by atoms with Crippen LogP contribution in [0.2, 0.25) is 0 Å². The SMILES string of the molecule is Cc1sc2c(c1C)C(=O)N[C@@H](c1ccc3c(c1)OCO3)N2. The smallest absolute Gasteiger partial charge is 0.256 e. The van der Waals surface area contributed by atoms with Crippen LogP contribution >= 0.6 is 11.3 Å². The monoisotopic (exact) mass is 302 g/mol. The number of thiophene rings is 1. The molecule has 2 N–H and O–H groups in total. The summed E-state index contributed by atoms with van der Waals surface area (Å²) >= 11 is 1.62. The van der Waals surface area contributed by atoms with Crippen LogP contribution < -0.4 is 20.1 Å². The van der Waals surface area contributed by atoms with Crippen molar-refractivity contribution >= 4 is 22.2 Å². The van der Waals surface area contributed by atoms with E-state index in [0.29, 0.717) is 5.75 Å². The van der Waals surface area contributed by atoms with E-state index in [1.54, 1.807) is 11.3 Å². The Morgan fingerprint density at radius 2 is 2.00 bits per heavy atom. The molecule has 1 aromatic carbocycles. The number of amides is 1. The molecule has 5 nitrogen and oxygen atoms in total. The number of fused-ring (bicyclic) bond motifs is 2. The summed E-state index contributed by atoms with van der Waals surface area (Å²) in [5.41, 5.74) is 2.75. The molecule has 2 aliphatic heterocycles. The molecule has 108 valence electrons. The molecule has 2 aliphatic rings. The van der Waals surface area contributed by atoms with Crippen molar-refractivity contribution in [1.29, 1.82) is 0 Å². The van der Waals surface area contributed by atoms with E-state index in [9.17, 15) is 4.79 Å². The average molecular weight is 302 g/mol. The maximum Gasteiger partial charge on any atom is 0.256 e. The Labute approximate surface area is 125 Å². The summed E-state index contributed by atoms with van der Waals surface area (Å²) < 4.78 is 10.7. The Morgan fingerprint density at radius 1 is 1.19 bits per heavy atom. The van der Waals surface area contributed by atoms with Crippen LogP contribution in [0.15, 0.2) is 18.2 Å². The highest BCUT2D eigenvalue weighted by atomic mass is 32.1. The Kier molecular flexibility index (Phi) is 2.62. The van der Waals surface area contributed by atoms with Gasteiger partial charge in [0.1, 0.15) is 11.2 Å². The second-order valence-corrected chi connectivity index (χ2v) is 6.38. The fourth-order valence-corrected chi connectivity index (χ4v) is 3.72. The number of carbonyl (C=O) groups is 1. The van der Waals surface area contributed by atoms with Crippen LogP contribution in [0.5, 0.6) is 11.5 Å². The van der Waals surface area contributed by atoms with Gasteiger partial charge < -0.3 is 20.1 Å². The van der Waals surface area contributed by atoms with Crippen molar-refractivity contribution in [3.8, 4) is 11.5 Å². The second kappa shape index (κ2) is 4.39. The van der Waals surface area contributed by atoms with Crippen LogP contribution in [0.4, 0.5) is 5.00 Å². The van der Waals surface area contributed by atoms with E-state index in [4.69, 9.17) is 9.47 Å². The number of rotatable bonds is 1. The molecule has 0 saturated carbocycles. The summed E-state index contributed by atoms with van der Waals surface area (Å²) in [5, 5.41) is 7.31. The van der Waals surface area contributed by atoms with Crippen molar-refractivity contribution in [2.75, 3.05) is 12.1 Å². The first-order valence-electron chi connectivity index (χ1n) is 6.70. The zero-order valence-electron chi connectivity index (χ0n) is 11.6. The lowest BCUT2D eigenvalue weighted by Gasteiger charge is -2.26. The van der Waals surface area contributed by atoms with Crippen molar-refractivity contribution in [2.45, 2.75) is 20.0 Å². The zero-order valence-corrected chi connectivity index (χ0v) is 12.5. The number of aryl methyl sites for hydroxylation is 1. The van der Waals surface area contributed by atoms with Gasteiger partial charge >= 0.3 is 0 Å². The molecule has 4 rings (SSSR count). The van der Waals surface area contributed by atoms with Crippen molar-refractivity contribution in [3.63, 3.8) is 0 Å². The standard InChI is InChI=1S/C15H14N2O3S/c1-7-8(2)21-15-12(7)14(18)16-13(17-15)9-3-4-10-11(5-9)20-6-19-10/h3-5,13,17H,6H2,1-2H3,(H,16,18)/t13-/m1/s1. The first-order chi connectivity index (χ1) is 10.1. The number of nitrogens with one attached hydrogen (secondary N) is 2. The number of ether oxygens (including phenoxy) is 2. The number of carbonyl (C=O) groups excluding carboxylic acids is 1. The van der Waals surface area contributed by atoms with Gasteiger partial charge in [0, 0.05) is 4.88 Å². The van der Waals surface area contributed by atoms with Crippen molar-refractivity contribution in [3.05, 3.63) is 39.8 Å². The van der Waals surface area contributed by atoms with Gasteiger partial charge in [-0.25, -0.2) is 0 Å². The van der Waals surface area contributed by atoms with E-state index < -0.39 is 0 Å². The summed E-state index contributed by atoms with van der Waals surface area (Å²) in [6.45, 7) is 4.26. The topological polar surface area (TPSA) is 59.6 Å². The number of anilines is 1. The molecule has 0 radical (unpaired) electrons. The van der Waals surface area contributed by atoms with Crippen molar-refractivity contribution in [2.24, 2.45) is 0 Å². The van der Waals surface area contributed by atoms with E-state index in [-0.39, 0.29) is 18.9 Å². The third-order valence-corrected chi connectivity index (χ3v) is 5.03. The van der Waals surface area contributed by atoms with Gasteiger partial charge in [0.05, 0.1) is 5.56 Å². The zero-order chi connectivity index (χ0) is 14.6. The molecule has 0 unspecified atom stereocenters. The molecule has 0 bridgehead atoms. The lowest BCUT2D eigenvalue weighted by molar-refractivity contribution is 0.0935. The molecule has 6 heteroatoms. The summed E-state index contributed by atoms with van der Waals surface area (Å²) in [6, 6.07) is 5.70. The van der Waals surface area contributed by atoms with Crippen LogP contribution in [0.1, 0.15) is 32.5 Å². The predicted molar refractivity (Wildman–Crippen MR) is 80.2 cm³/mol. The van der Waals surface area contributed by atoms with E-state index in [2.05, 4.69) is 10.6 Å². The van der Waals surface area contributed by atoms with Crippen LogP contribution in [-0.2, 0) is 0 Å². The van der Waals surface area contributed by atoms with E-state index in [0.717, 1.165) is 32.3 Å². The molecule has 3 heterocycles. The first-order valence-corrected chi connectivity index (χ1v) is 7.52. The van der Waals surface area contributed by atoms with Crippen LogP contribution in [-0.4, -0.2) is 12.7 Å². The molecule has 0 spiro atoms. The lowest BCUT2D eigenvalue weighted by Crippen LogP contribution is -2.38. The number of hydrogen-bond acceptors (Lipinski definition) is 5. The molecule has 0 saturated heterocycles. The fraction of sp³-hybridized carbons (Fsp3) is 0.267. The van der Waals surface area contributed by atoms with E-state index in [1.807, 2.05) is 32.0 Å². The molecular formula is C15H14N2O3S. The summed E-state index contributed by atoms with van der Waals surface area (Å²) in [5.74, 6) is 1.42. The number of benzene rings is 1. The lowest BCUT2D eigenvalue weighted by atomic mass is 10.1. The molecule has 1 atom stereocenters. The Bertz CT molecular complexity index is 754. The van der Waals surface area contributed by atoms with E-state index >= 15 is 0 Å². The summed E-state index contributed by atoms with van der Waals surface area (Å²) in [6.07, 6.45) is -0.253. The van der Waals surface area contributed by atoms with Gasteiger partial charge in [0.25, 0.3) is 5.91 Å². The second-order valence-electron chi connectivity index (χ2n) is 5.15. The third-order valence-electron chi connectivity index (χ3n) is 3.89. The van der Waals surface area contributed by atoms with Gasteiger partial charge in [-0.05, 0) is 37.1 Å². The summed E-state index contributed by atoms with van der Waals surface area (Å²) in [7, 11) is 0. The van der Waals surface area contributed by atoms with Crippen molar-refractivity contribution in [1.82, 2.24) is 5.32 Å². The minimum atomic E-state index is -0.253.